The van der Waals surface area contributed by atoms with E-state index in [0.717, 1.165) is 98.4 Å². The van der Waals surface area contributed by atoms with E-state index in [9.17, 15) is 10.5 Å². The minimum atomic E-state index is 0.438. The summed E-state index contributed by atoms with van der Waals surface area (Å²) in [4.78, 5) is 0. The maximum absolute atomic E-state index is 12.8. The van der Waals surface area contributed by atoms with Gasteiger partial charge in [0.15, 0.2) is 0 Å². The van der Waals surface area contributed by atoms with E-state index in [4.69, 9.17) is 0 Å². The fraction of sp³-hybridized carbons (Fsp3) is 0.0286. The van der Waals surface area contributed by atoms with E-state index in [1.807, 2.05) is 22.7 Å². The van der Waals surface area contributed by atoms with Gasteiger partial charge in [0.05, 0.1) is 66.9 Å². The fourth-order valence-corrected chi connectivity index (χ4v) is 15.9. The SMILES string of the molecule is Cc1ccc2c(c1)c1c3sc4ccccc4c3ccc1n2-c1c(C#N)c(-n2c3ccccc3c3ccccc32)c(-n2c3ccc(C)cc3c3c4sc5ccccc5c4ccc32)c(C#N)c1-n1c2ccccc2c2ccccc21. The maximum Gasteiger partial charge on any atom is 0.104 e. The molecule has 78 heavy (non-hydrogen) atoms. The third-order valence-electron chi connectivity index (χ3n) is 16.5. The van der Waals surface area contributed by atoms with Crippen LogP contribution in [0.3, 0.4) is 0 Å². The first-order valence-corrected chi connectivity index (χ1v) is 27.8. The number of aryl methyl sites for hydroxylation is 2. The molecular weight excluding hydrogens is 989 g/mol. The van der Waals surface area contributed by atoms with Crippen molar-refractivity contribution >= 4 is 150 Å². The molecule has 8 heteroatoms. The molecule has 6 nitrogen and oxygen atoms in total. The summed E-state index contributed by atoms with van der Waals surface area (Å²) < 4.78 is 14.0. The summed E-state index contributed by atoms with van der Waals surface area (Å²) in [7, 11) is 0. The van der Waals surface area contributed by atoms with Gasteiger partial charge in [-0.1, -0.05) is 145 Å². The first-order valence-electron chi connectivity index (χ1n) is 26.2. The molecule has 0 unspecified atom stereocenters. The van der Waals surface area contributed by atoms with Gasteiger partial charge in [0, 0.05) is 83.4 Å². The van der Waals surface area contributed by atoms with Gasteiger partial charge in [0.1, 0.15) is 23.3 Å². The van der Waals surface area contributed by atoms with Crippen molar-refractivity contribution in [3.8, 4) is 34.9 Å². The highest BCUT2D eigenvalue weighted by Crippen LogP contribution is 2.52. The van der Waals surface area contributed by atoms with Crippen molar-refractivity contribution in [3.63, 3.8) is 0 Å². The van der Waals surface area contributed by atoms with E-state index < -0.39 is 0 Å². The van der Waals surface area contributed by atoms with Crippen LogP contribution >= 0.6 is 22.7 Å². The number of hydrogen-bond acceptors (Lipinski definition) is 4. The highest BCUT2D eigenvalue weighted by molar-refractivity contribution is 7.27. The molecule has 0 N–H and O–H groups in total. The zero-order valence-corrected chi connectivity index (χ0v) is 43.8. The molecule has 0 saturated heterocycles. The number of hydrogen-bond donors (Lipinski definition) is 0. The fourth-order valence-electron chi connectivity index (χ4n) is 13.4. The van der Waals surface area contributed by atoms with Crippen molar-refractivity contribution in [2.24, 2.45) is 0 Å². The maximum atomic E-state index is 12.8. The van der Waals surface area contributed by atoms with E-state index in [-0.39, 0.29) is 0 Å². The summed E-state index contributed by atoms with van der Waals surface area (Å²) in [6, 6.07) is 79.7. The lowest BCUT2D eigenvalue weighted by molar-refractivity contribution is 1.02. The molecule has 17 rings (SSSR count). The largest absolute Gasteiger partial charge is 0.306 e. The summed E-state index contributed by atoms with van der Waals surface area (Å²) in [5.41, 5.74) is 13.2. The monoisotopic (exact) mass is 1030 g/mol. The number of aromatic nitrogens is 4. The molecule has 0 amide bonds. The molecule has 11 aromatic carbocycles. The molecular formula is C70H40N6S2. The van der Waals surface area contributed by atoms with Crippen LogP contribution in [0.5, 0.6) is 0 Å². The van der Waals surface area contributed by atoms with Gasteiger partial charge >= 0.3 is 0 Å². The van der Waals surface area contributed by atoms with E-state index in [0.29, 0.717) is 33.9 Å². The standard InChI is InChI=1S/C70H40N6S2/c1-39-27-31-57-49(35-39)63-59(33-29-47-45-19-7-13-25-61(45)77-69(47)63)75(57)67-51(37-71)66(74-55-23-11-5-17-43(55)44-18-6-12-24-56(44)74)68(52(38-72)65(67)73-53-21-9-3-15-41(53)42-16-4-10-22-54(42)73)76-58-32-28-40(2)36-50(58)64-60(76)34-30-48-46-20-8-14-26-62(46)78-70(48)64/h3-36H,1-2H3. The van der Waals surface area contributed by atoms with Crippen LogP contribution in [0, 0.1) is 36.5 Å². The van der Waals surface area contributed by atoms with Gasteiger partial charge in [-0.3, -0.25) is 0 Å². The first-order chi connectivity index (χ1) is 38.5. The van der Waals surface area contributed by atoms with Gasteiger partial charge in [-0.2, -0.15) is 10.5 Å². The molecule has 362 valence electrons. The van der Waals surface area contributed by atoms with Gasteiger partial charge in [-0.05, 0) is 86.6 Å². The summed E-state index contributed by atoms with van der Waals surface area (Å²) in [6.45, 7) is 4.31. The van der Waals surface area contributed by atoms with Crippen LogP contribution in [-0.2, 0) is 0 Å². The van der Waals surface area contributed by atoms with Crippen LogP contribution in [-0.4, -0.2) is 18.3 Å². The van der Waals surface area contributed by atoms with Gasteiger partial charge < -0.3 is 18.3 Å². The van der Waals surface area contributed by atoms with Crippen LogP contribution in [0.25, 0.3) is 150 Å². The van der Waals surface area contributed by atoms with E-state index in [2.05, 4.69) is 251 Å². The molecule has 0 aliphatic rings. The van der Waals surface area contributed by atoms with Crippen LogP contribution in [0.4, 0.5) is 0 Å². The number of rotatable bonds is 4. The Bertz CT molecular complexity index is 5180. The average molecular weight is 1030 g/mol. The lowest BCUT2D eigenvalue weighted by Gasteiger charge is -2.27. The van der Waals surface area contributed by atoms with Crippen molar-refractivity contribution in [2.45, 2.75) is 13.8 Å². The van der Waals surface area contributed by atoms with Gasteiger partial charge in [-0.15, -0.1) is 22.7 Å². The Morgan fingerprint density at radius 3 is 0.949 bits per heavy atom. The van der Waals surface area contributed by atoms with E-state index in [1.165, 1.54) is 40.3 Å². The van der Waals surface area contributed by atoms with E-state index >= 15 is 0 Å². The lowest BCUT2D eigenvalue weighted by atomic mass is 9.98. The third kappa shape index (κ3) is 5.57. The predicted molar refractivity (Wildman–Crippen MR) is 328 cm³/mol. The Hall–Kier alpha value is -9.96. The normalized spacial score (nSPS) is 12.2. The molecule has 0 atom stereocenters. The van der Waals surface area contributed by atoms with Crippen molar-refractivity contribution in [3.05, 3.63) is 229 Å². The second-order valence-corrected chi connectivity index (χ2v) is 22.8. The van der Waals surface area contributed by atoms with Gasteiger partial charge in [0.2, 0.25) is 0 Å². The zero-order valence-electron chi connectivity index (χ0n) is 42.1. The molecule has 6 aromatic heterocycles. The predicted octanol–water partition coefficient (Wildman–Crippen LogP) is 19.2. The minimum absolute atomic E-state index is 0.438. The Labute approximate surface area is 453 Å². The van der Waals surface area contributed by atoms with Crippen LogP contribution in [0.1, 0.15) is 22.3 Å². The molecule has 0 spiro atoms. The lowest BCUT2D eigenvalue weighted by Crippen LogP contribution is -2.16. The molecule has 0 fully saturated rings. The Morgan fingerprint density at radius 1 is 0.295 bits per heavy atom. The van der Waals surface area contributed by atoms with Crippen LogP contribution in [0.2, 0.25) is 0 Å². The van der Waals surface area contributed by atoms with Crippen LogP contribution in [0.15, 0.2) is 206 Å². The number of benzene rings is 11. The Balaban J connectivity index is 1.18. The average Bonchev–Trinajstić information content (AvgIpc) is 3.64. The number of nitrogens with zero attached hydrogens (tertiary/aromatic N) is 6. The zero-order chi connectivity index (χ0) is 51.7. The number of thiophene rings is 2. The summed E-state index contributed by atoms with van der Waals surface area (Å²) in [5, 5.41) is 39.1. The number of fused-ring (bicyclic) bond motifs is 20. The Morgan fingerprint density at radius 2 is 0.590 bits per heavy atom. The van der Waals surface area contributed by atoms with Gasteiger partial charge in [0.25, 0.3) is 0 Å². The topological polar surface area (TPSA) is 67.3 Å². The van der Waals surface area contributed by atoms with E-state index in [1.54, 1.807) is 0 Å². The van der Waals surface area contributed by atoms with Crippen molar-refractivity contribution in [1.29, 1.82) is 10.5 Å². The number of para-hydroxylation sites is 4. The van der Waals surface area contributed by atoms with Gasteiger partial charge in [-0.25, -0.2) is 0 Å². The highest BCUT2D eigenvalue weighted by Gasteiger charge is 2.35. The van der Waals surface area contributed by atoms with Crippen molar-refractivity contribution in [1.82, 2.24) is 18.3 Å². The molecule has 0 saturated carbocycles. The highest BCUT2D eigenvalue weighted by atomic mass is 32.1. The summed E-state index contributed by atoms with van der Waals surface area (Å²) in [5.74, 6) is 0. The molecule has 17 aromatic rings. The second kappa shape index (κ2) is 15.8. The summed E-state index contributed by atoms with van der Waals surface area (Å²) in [6.07, 6.45) is 0. The molecule has 0 radical (unpaired) electrons. The Kier molecular flexibility index (Phi) is 8.77. The molecule has 6 heterocycles. The second-order valence-electron chi connectivity index (χ2n) is 20.7. The molecule has 0 aliphatic heterocycles. The molecule has 0 aliphatic carbocycles. The smallest absolute Gasteiger partial charge is 0.104 e. The quantitative estimate of drug-likeness (QED) is 0.176. The minimum Gasteiger partial charge on any atom is -0.306 e. The number of nitriles is 2. The molecule has 0 bridgehead atoms. The van der Waals surface area contributed by atoms with Crippen molar-refractivity contribution in [2.75, 3.05) is 0 Å². The van der Waals surface area contributed by atoms with Crippen molar-refractivity contribution < 1.29 is 0 Å². The third-order valence-corrected chi connectivity index (χ3v) is 18.9. The van der Waals surface area contributed by atoms with Crippen LogP contribution < -0.4 is 0 Å². The first kappa shape index (κ1) is 43.3. The summed E-state index contributed by atoms with van der Waals surface area (Å²) >= 11 is 3.62.